The van der Waals surface area contributed by atoms with E-state index in [9.17, 15) is 9.18 Å². The SMILES string of the molecule is CNC(=O)c1cc(Oc2ccc3nc(Nc4ccc(Cl)cc4F)ncc3c2)ccn1. The topological polar surface area (TPSA) is 89.0 Å². The Hall–Kier alpha value is -3.78. The van der Waals surface area contributed by atoms with Crippen LogP contribution in [0.1, 0.15) is 10.5 Å². The highest BCUT2D eigenvalue weighted by molar-refractivity contribution is 6.30. The van der Waals surface area contributed by atoms with Gasteiger partial charge in [-0.3, -0.25) is 9.78 Å². The predicted molar refractivity (Wildman–Crippen MR) is 112 cm³/mol. The lowest BCUT2D eigenvalue weighted by atomic mass is 10.2. The summed E-state index contributed by atoms with van der Waals surface area (Å²) < 4.78 is 19.8. The fourth-order valence-corrected chi connectivity index (χ4v) is 2.87. The van der Waals surface area contributed by atoms with Gasteiger partial charge in [-0.2, -0.15) is 0 Å². The van der Waals surface area contributed by atoms with Crippen LogP contribution >= 0.6 is 11.6 Å². The highest BCUT2D eigenvalue weighted by Gasteiger charge is 2.09. The largest absolute Gasteiger partial charge is 0.457 e. The van der Waals surface area contributed by atoms with Crippen molar-refractivity contribution in [1.82, 2.24) is 20.3 Å². The maximum atomic E-state index is 14.0. The number of pyridine rings is 1. The predicted octanol–water partition coefficient (Wildman–Crippen LogP) is 4.71. The summed E-state index contributed by atoms with van der Waals surface area (Å²) in [5.41, 5.74) is 1.13. The number of carbonyl (C=O) groups is 1. The number of aromatic nitrogens is 3. The molecule has 2 aromatic heterocycles. The van der Waals surface area contributed by atoms with E-state index in [1.807, 2.05) is 0 Å². The van der Waals surface area contributed by atoms with Gasteiger partial charge in [0.05, 0.1) is 11.2 Å². The van der Waals surface area contributed by atoms with Crippen molar-refractivity contribution in [2.24, 2.45) is 0 Å². The number of carbonyl (C=O) groups excluding carboxylic acids is 1. The molecule has 4 aromatic rings. The van der Waals surface area contributed by atoms with Crippen molar-refractivity contribution in [3.63, 3.8) is 0 Å². The average molecular weight is 424 g/mol. The molecular weight excluding hydrogens is 409 g/mol. The molecule has 0 aliphatic rings. The maximum absolute atomic E-state index is 14.0. The van der Waals surface area contributed by atoms with Gasteiger partial charge in [-0.05, 0) is 42.5 Å². The van der Waals surface area contributed by atoms with Gasteiger partial charge in [0.25, 0.3) is 5.91 Å². The molecular formula is C21H15ClFN5O2. The van der Waals surface area contributed by atoms with Crippen LogP contribution in [0.2, 0.25) is 5.02 Å². The molecule has 0 saturated carbocycles. The van der Waals surface area contributed by atoms with E-state index < -0.39 is 5.82 Å². The summed E-state index contributed by atoms with van der Waals surface area (Å²) in [5, 5.41) is 6.39. The summed E-state index contributed by atoms with van der Waals surface area (Å²) in [6.07, 6.45) is 3.10. The molecule has 9 heteroatoms. The second-order valence-electron chi connectivity index (χ2n) is 6.22. The second-order valence-corrected chi connectivity index (χ2v) is 6.66. The molecule has 0 spiro atoms. The summed E-state index contributed by atoms with van der Waals surface area (Å²) >= 11 is 5.77. The van der Waals surface area contributed by atoms with Gasteiger partial charge in [0.2, 0.25) is 5.95 Å². The molecule has 30 heavy (non-hydrogen) atoms. The van der Waals surface area contributed by atoms with Gasteiger partial charge in [-0.25, -0.2) is 14.4 Å². The summed E-state index contributed by atoms with van der Waals surface area (Å²) in [6.45, 7) is 0. The fourth-order valence-electron chi connectivity index (χ4n) is 2.71. The lowest BCUT2D eigenvalue weighted by Crippen LogP contribution is -2.18. The molecule has 0 saturated heterocycles. The Morgan fingerprint density at radius 1 is 1.07 bits per heavy atom. The smallest absolute Gasteiger partial charge is 0.269 e. The van der Waals surface area contributed by atoms with Gasteiger partial charge in [-0.1, -0.05) is 11.6 Å². The molecule has 0 fully saturated rings. The molecule has 0 atom stereocenters. The van der Waals surface area contributed by atoms with Gasteiger partial charge in [-0.15, -0.1) is 0 Å². The number of halogens is 2. The molecule has 7 nitrogen and oxygen atoms in total. The van der Waals surface area contributed by atoms with Gasteiger partial charge in [0.1, 0.15) is 23.0 Å². The first-order chi connectivity index (χ1) is 14.5. The van der Waals surface area contributed by atoms with E-state index in [-0.39, 0.29) is 23.2 Å². The minimum absolute atomic E-state index is 0.225. The van der Waals surface area contributed by atoms with Crippen LogP contribution in [0.4, 0.5) is 16.0 Å². The number of ether oxygens (including phenoxy) is 1. The minimum Gasteiger partial charge on any atom is -0.457 e. The van der Waals surface area contributed by atoms with E-state index in [0.717, 1.165) is 5.39 Å². The van der Waals surface area contributed by atoms with Crippen LogP contribution in [0, 0.1) is 5.82 Å². The van der Waals surface area contributed by atoms with Crippen LogP contribution in [-0.2, 0) is 0 Å². The first-order valence-corrected chi connectivity index (χ1v) is 9.24. The van der Waals surface area contributed by atoms with E-state index in [1.54, 1.807) is 42.6 Å². The van der Waals surface area contributed by atoms with E-state index in [0.29, 0.717) is 22.0 Å². The third-order valence-electron chi connectivity index (χ3n) is 4.16. The molecule has 0 radical (unpaired) electrons. The van der Waals surface area contributed by atoms with Crippen molar-refractivity contribution in [3.8, 4) is 11.5 Å². The zero-order chi connectivity index (χ0) is 21.1. The van der Waals surface area contributed by atoms with Crippen molar-refractivity contribution in [1.29, 1.82) is 0 Å². The molecule has 0 aliphatic carbocycles. The Morgan fingerprint density at radius 2 is 1.90 bits per heavy atom. The lowest BCUT2D eigenvalue weighted by molar-refractivity contribution is 0.0958. The molecule has 2 N–H and O–H groups in total. The van der Waals surface area contributed by atoms with Crippen molar-refractivity contribution in [3.05, 3.63) is 77.5 Å². The molecule has 0 bridgehead atoms. The second kappa shape index (κ2) is 8.30. The number of hydrogen-bond donors (Lipinski definition) is 2. The Kier molecular flexibility index (Phi) is 5.40. The number of amides is 1. The number of nitrogens with one attached hydrogen (secondary N) is 2. The summed E-state index contributed by atoms with van der Waals surface area (Å²) in [4.78, 5) is 24.3. The third kappa shape index (κ3) is 4.28. The molecule has 2 heterocycles. The molecule has 150 valence electrons. The third-order valence-corrected chi connectivity index (χ3v) is 4.39. The van der Waals surface area contributed by atoms with Crippen LogP contribution in [0.5, 0.6) is 11.5 Å². The molecule has 2 aromatic carbocycles. The number of nitrogens with zero attached hydrogens (tertiary/aromatic N) is 3. The Labute approximate surface area is 175 Å². The number of hydrogen-bond acceptors (Lipinski definition) is 6. The van der Waals surface area contributed by atoms with Crippen LogP contribution in [0.3, 0.4) is 0 Å². The lowest BCUT2D eigenvalue weighted by Gasteiger charge is -2.09. The number of benzene rings is 2. The fraction of sp³-hybridized carbons (Fsp3) is 0.0476. The normalized spacial score (nSPS) is 10.6. The minimum atomic E-state index is -0.497. The Balaban J connectivity index is 1.55. The number of anilines is 2. The van der Waals surface area contributed by atoms with Gasteiger partial charge < -0.3 is 15.4 Å². The number of fused-ring (bicyclic) bond motifs is 1. The first-order valence-electron chi connectivity index (χ1n) is 8.87. The zero-order valence-corrected chi connectivity index (χ0v) is 16.4. The maximum Gasteiger partial charge on any atom is 0.269 e. The average Bonchev–Trinajstić information content (AvgIpc) is 2.75. The summed E-state index contributed by atoms with van der Waals surface area (Å²) in [7, 11) is 1.53. The summed E-state index contributed by atoms with van der Waals surface area (Å²) in [5.74, 6) is 0.472. The monoisotopic (exact) mass is 423 g/mol. The van der Waals surface area contributed by atoms with Crippen LogP contribution in [-0.4, -0.2) is 27.9 Å². The van der Waals surface area contributed by atoms with Crippen molar-refractivity contribution in [2.45, 2.75) is 0 Å². The Morgan fingerprint density at radius 3 is 2.70 bits per heavy atom. The van der Waals surface area contributed by atoms with E-state index in [1.165, 1.54) is 25.4 Å². The van der Waals surface area contributed by atoms with Crippen molar-refractivity contribution in [2.75, 3.05) is 12.4 Å². The molecule has 0 aliphatic heterocycles. The quantitative estimate of drug-likeness (QED) is 0.483. The highest BCUT2D eigenvalue weighted by Crippen LogP contribution is 2.26. The zero-order valence-electron chi connectivity index (χ0n) is 15.7. The summed E-state index contributed by atoms with van der Waals surface area (Å²) in [6, 6.07) is 12.8. The molecule has 0 unspecified atom stereocenters. The van der Waals surface area contributed by atoms with E-state index >= 15 is 0 Å². The standard InChI is InChI=1S/C21H15ClFN5O2/c1-24-20(29)19-10-15(6-7-25-19)30-14-3-5-17-12(8-14)11-26-21(27-17)28-18-4-2-13(22)9-16(18)23/h2-11H,1H3,(H,24,29)(H,26,27,28). The van der Waals surface area contributed by atoms with Gasteiger partial charge in [0, 0.05) is 35.9 Å². The van der Waals surface area contributed by atoms with Crippen molar-refractivity contribution >= 4 is 40.0 Å². The highest BCUT2D eigenvalue weighted by atomic mass is 35.5. The van der Waals surface area contributed by atoms with Crippen molar-refractivity contribution < 1.29 is 13.9 Å². The van der Waals surface area contributed by atoms with Crippen LogP contribution in [0.25, 0.3) is 10.9 Å². The number of rotatable bonds is 5. The van der Waals surface area contributed by atoms with E-state index in [2.05, 4.69) is 25.6 Å². The van der Waals surface area contributed by atoms with Gasteiger partial charge in [0.15, 0.2) is 0 Å². The van der Waals surface area contributed by atoms with Crippen LogP contribution in [0.15, 0.2) is 60.9 Å². The first kappa shape index (κ1) is 19.5. The van der Waals surface area contributed by atoms with Crippen LogP contribution < -0.4 is 15.4 Å². The molecule has 4 rings (SSSR count). The van der Waals surface area contributed by atoms with E-state index in [4.69, 9.17) is 16.3 Å². The molecule has 1 amide bonds. The van der Waals surface area contributed by atoms with Gasteiger partial charge >= 0.3 is 0 Å². The Bertz CT molecular complexity index is 1250.